The molecule has 0 aromatic carbocycles. The van der Waals surface area contributed by atoms with Crippen molar-refractivity contribution in [2.24, 2.45) is 5.92 Å². The van der Waals surface area contributed by atoms with Crippen molar-refractivity contribution < 1.29 is 4.74 Å². The van der Waals surface area contributed by atoms with Gasteiger partial charge in [-0.3, -0.25) is 0 Å². The Morgan fingerprint density at radius 3 is 2.50 bits per heavy atom. The molecule has 0 aliphatic heterocycles. The SMILES string of the molecule is CCCNCC(CCC)CCCOC. The molecule has 86 valence electrons. The molecule has 0 bridgehead atoms. The van der Waals surface area contributed by atoms with E-state index in [1.54, 1.807) is 7.11 Å². The molecule has 2 heteroatoms. The summed E-state index contributed by atoms with van der Waals surface area (Å²) in [7, 11) is 1.78. The van der Waals surface area contributed by atoms with Gasteiger partial charge in [0.2, 0.25) is 0 Å². The lowest BCUT2D eigenvalue weighted by molar-refractivity contribution is 0.185. The van der Waals surface area contributed by atoms with E-state index in [-0.39, 0.29) is 0 Å². The van der Waals surface area contributed by atoms with Gasteiger partial charge in [0.15, 0.2) is 0 Å². The number of ether oxygens (including phenoxy) is 1. The van der Waals surface area contributed by atoms with Gasteiger partial charge in [-0.2, -0.15) is 0 Å². The molecule has 0 radical (unpaired) electrons. The Hall–Kier alpha value is -0.0800. The zero-order valence-corrected chi connectivity index (χ0v) is 10.1. The van der Waals surface area contributed by atoms with E-state index in [1.165, 1.54) is 38.6 Å². The van der Waals surface area contributed by atoms with Crippen molar-refractivity contribution in [3.8, 4) is 0 Å². The Bertz CT molecular complexity index is 96.5. The molecule has 1 unspecified atom stereocenters. The van der Waals surface area contributed by atoms with Gasteiger partial charge in [-0.05, 0) is 44.7 Å². The minimum atomic E-state index is 0.849. The second kappa shape index (κ2) is 11.0. The van der Waals surface area contributed by atoms with Crippen LogP contribution in [-0.4, -0.2) is 26.8 Å². The molecule has 0 saturated carbocycles. The molecule has 0 aromatic rings. The molecule has 0 spiro atoms. The quantitative estimate of drug-likeness (QED) is 0.549. The second-order valence-electron chi connectivity index (χ2n) is 3.99. The topological polar surface area (TPSA) is 21.3 Å². The predicted octanol–water partition coefficient (Wildman–Crippen LogP) is 2.83. The maximum atomic E-state index is 5.08. The third-order valence-electron chi connectivity index (χ3n) is 2.52. The predicted molar refractivity (Wildman–Crippen MR) is 62.7 cm³/mol. The van der Waals surface area contributed by atoms with Crippen molar-refractivity contribution in [3.05, 3.63) is 0 Å². The molecule has 0 fully saturated rings. The molecular formula is C12H27NO. The summed E-state index contributed by atoms with van der Waals surface area (Å²) in [5, 5.41) is 3.51. The van der Waals surface area contributed by atoms with Crippen LogP contribution in [0, 0.1) is 5.92 Å². The van der Waals surface area contributed by atoms with E-state index in [0.29, 0.717) is 0 Å². The number of methoxy groups -OCH3 is 1. The molecule has 1 atom stereocenters. The third kappa shape index (κ3) is 8.52. The molecular weight excluding hydrogens is 174 g/mol. The average molecular weight is 201 g/mol. The lowest BCUT2D eigenvalue weighted by Crippen LogP contribution is -2.23. The highest BCUT2D eigenvalue weighted by Gasteiger charge is 2.06. The summed E-state index contributed by atoms with van der Waals surface area (Å²) in [5.74, 6) is 0.849. The zero-order valence-electron chi connectivity index (χ0n) is 10.1. The highest BCUT2D eigenvalue weighted by atomic mass is 16.5. The summed E-state index contributed by atoms with van der Waals surface area (Å²) in [6.07, 6.45) is 6.39. The van der Waals surface area contributed by atoms with Gasteiger partial charge in [-0.15, -0.1) is 0 Å². The van der Waals surface area contributed by atoms with Crippen LogP contribution in [0.15, 0.2) is 0 Å². The normalized spacial score (nSPS) is 13.1. The molecule has 14 heavy (non-hydrogen) atoms. The van der Waals surface area contributed by atoms with E-state index >= 15 is 0 Å². The summed E-state index contributed by atoms with van der Waals surface area (Å²) in [6, 6.07) is 0. The fourth-order valence-corrected chi connectivity index (χ4v) is 1.76. The summed E-state index contributed by atoms with van der Waals surface area (Å²) in [4.78, 5) is 0. The van der Waals surface area contributed by atoms with Crippen LogP contribution in [0.2, 0.25) is 0 Å². The molecule has 1 N–H and O–H groups in total. The van der Waals surface area contributed by atoms with E-state index in [2.05, 4.69) is 19.2 Å². The first-order valence-electron chi connectivity index (χ1n) is 6.04. The van der Waals surface area contributed by atoms with Gasteiger partial charge in [0.25, 0.3) is 0 Å². The van der Waals surface area contributed by atoms with Gasteiger partial charge < -0.3 is 10.1 Å². The van der Waals surface area contributed by atoms with E-state index in [1.807, 2.05) is 0 Å². The van der Waals surface area contributed by atoms with Crippen LogP contribution < -0.4 is 5.32 Å². The summed E-state index contributed by atoms with van der Waals surface area (Å²) >= 11 is 0. The van der Waals surface area contributed by atoms with Crippen molar-refractivity contribution in [2.45, 2.75) is 46.0 Å². The first-order chi connectivity index (χ1) is 6.85. The largest absolute Gasteiger partial charge is 0.385 e. The average Bonchev–Trinajstić information content (AvgIpc) is 2.18. The maximum Gasteiger partial charge on any atom is 0.0462 e. The Morgan fingerprint density at radius 2 is 1.93 bits per heavy atom. The van der Waals surface area contributed by atoms with Crippen LogP contribution in [0.1, 0.15) is 46.0 Å². The minimum Gasteiger partial charge on any atom is -0.385 e. The monoisotopic (exact) mass is 201 g/mol. The second-order valence-corrected chi connectivity index (χ2v) is 3.99. The smallest absolute Gasteiger partial charge is 0.0462 e. The first-order valence-corrected chi connectivity index (χ1v) is 6.04. The molecule has 0 aromatic heterocycles. The van der Waals surface area contributed by atoms with Crippen molar-refractivity contribution in [1.82, 2.24) is 5.32 Å². The highest BCUT2D eigenvalue weighted by Crippen LogP contribution is 2.12. The van der Waals surface area contributed by atoms with Crippen LogP contribution >= 0.6 is 0 Å². The van der Waals surface area contributed by atoms with Gasteiger partial charge in [0.05, 0.1) is 0 Å². The van der Waals surface area contributed by atoms with Crippen molar-refractivity contribution in [3.63, 3.8) is 0 Å². The Kier molecular flexibility index (Phi) is 10.9. The van der Waals surface area contributed by atoms with Crippen molar-refractivity contribution in [2.75, 3.05) is 26.8 Å². The highest BCUT2D eigenvalue weighted by molar-refractivity contribution is 4.62. The number of hydrogen-bond donors (Lipinski definition) is 1. The molecule has 0 aliphatic carbocycles. The standard InChI is InChI=1S/C12H27NO/c1-4-7-12(8-6-10-14-3)11-13-9-5-2/h12-13H,4-11H2,1-3H3. The Labute approximate surface area is 89.4 Å². The van der Waals surface area contributed by atoms with Gasteiger partial charge in [0.1, 0.15) is 0 Å². The maximum absolute atomic E-state index is 5.08. The van der Waals surface area contributed by atoms with Crippen LogP contribution in [-0.2, 0) is 4.74 Å². The van der Waals surface area contributed by atoms with Crippen LogP contribution in [0.3, 0.4) is 0 Å². The fraction of sp³-hybridized carbons (Fsp3) is 1.00. The summed E-state index contributed by atoms with van der Waals surface area (Å²) in [6.45, 7) is 7.74. The van der Waals surface area contributed by atoms with Crippen LogP contribution in [0.5, 0.6) is 0 Å². The number of nitrogens with one attached hydrogen (secondary N) is 1. The van der Waals surface area contributed by atoms with E-state index in [4.69, 9.17) is 4.74 Å². The zero-order chi connectivity index (χ0) is 10.6. The Morgan fingerprint density at radius 1 is 1.14 bits per heavy atom. The minimum absolute atomic E-state index is 0.849. The lowest BCUT2D eigenvalue weighted by Gasteiger charge is -2.16. The summed E-state index contributed by atoms with van der Waals surface area (Å²) < 4.78 is 5.08. The molecule has 0 heterocycles. The van der Waals surface area contributed by atoms with Crippen molar-refractivity contribution >= 4 is 0 Å². The van der Waals surface area contributed by atoms with Crippen LogP contribution in [0.4, 0.5) is 0 Å². The summed E-state index contributed by atoms with van der Waals surface area (Å²) in [5.41, 5.74) is 0. The molecule has 0 rings (SSSR count). The fourth-order valence-electron chi connectivity index (χ4n) is 1.76. The molecule has 0 amide bonds. The van der Waals surface area contributed by atoms with Gasteiger partial charge in [-0.25, -0.2) is 0 Å². The van der Waals surface area contributed by atoms with Gasteiger partial charge >= 0.3 is 0 Å². The third-order valence-corrected chi connectivity index (χ3v) is 2.52. The number of rotatable bonds is 10. The van der Waals surface area contributed by atoms with Gasteiger partial charge in [0, 0.05) is 13.7 Å². The van der Waals surface area contributed by atoms with Crippen molar-refractivity contribution in [1.29, 1.82) is 0 Å². The first kappa shape index (κ1) is 13.9. The van der Waals surface area contributed by atoms with E-state index < -0.39 is 0 Å². The molecule has 2 nitrogen and oxygen atoms in total. The Balaban J connectivity index is 3.44. The van der Waals surface area contributed by atoms with Gasteiger partial charge in [-0.1, -0.05) is 20.3 Å². The molecule has 0 saturated heterocycles. The van der Waals surface area contributed by atoms with E-state index in [9.17, 15) is 0 Å². The number of hydrogen-bond acceptors (Lipinski definition) is 2. The van der Waals surface area contributed by atoms with Crippen LogP contribution in [0.25, 0.3) is 0 Å². The lowest BCUT2D eigenvalue weighted by atomic mass is 9.98. The molecule has 0 aliphatic rings. The van der Waals surface area contributed by atoms with E-state index in [0.717, 1.165) is 19.1 Å².